The molecule has 2 amide bonds. The lowest BCUT2D eigenvalue weighted by Gasteiger charge is -2.17. The van der Waals surface area contributed by atoms with Crippen molar-refractivity contribution in [1.29, 1.82) is 0 Å². The van der Waals surface area contributed by atoms with Gasteiger partial charge in [0.2, 0.25) is 11.8 Å². The molecular weight excluding hydrogens is 366 g/mol. The predicted octanol–water partition coefficient (Wildman–Crippen LogP) is 2.60. The Morgan fingerprint density at radius 2 is 1.89 bits per heavy atom. The van der Waals surface area contributed by atoms with Crippen LogP contribution >= 0.6 is 0 Å². The molecule has 0 bridgehead atoms. The van der Waals surface area contributed by atoms with E-state index in [9.17, 15) is 19.7 Å². The minimum atomic E-state index is -0.547. The fourth-order valence-electron chi connectivity index (χ4n) is 3.03. The van der Waals surface area contributed by atoms with Gasteiger partial charge < -0.3 is 19.7 Å². The molecule has 1 fully saturated rings. The molecule has 1 N–H and O–H groups in total. The molecule has 3 rings (SSSR count). The molecule has 1 saturated heterocycles. The average Bonchev–Trinajstić information content (AvgIpc) is 3.10. The summed E-state index contributed by atoms with van der Waals surface area (Å²) in [5.41, 5.74) is 0.860. The van der Waals surface area contributed by atoms with Crippen LogP contribution in [0.25, 0.3) is 0 Å². The fourth-order valence-corrected chi connectivity index (χ4v) is 3.03. The monoisotopic (exact) mass is 385 g/mol. The Hall–Kier alpha value is -3.62. The summed E-state index contributed by atoms with van der Waals surface area (Å²) in [7, 11) is 2.92. The zero-order valence-corrected chi connectivity index (χ0v) is 15.4. The van der Waals surface area contributed by atoms with E-state index in [4.69, 9.17) is 9.47 Å². The third-order valence-electron chi connectivity index (χ3n) is 4.53. The number of nitro groups is 1. The Balaban J connectivity index is 1.71. The van der Waals surface area contributed by atoms with Crippen LogP contribution in [0.4, 0.5) is 17.1 Å². The molecule has 0 saturated carbocycles. The van der Waals surface area contributed by atoms with Gasteiger partial charge >= 0.3 is 0 Å². The SMILES string of the molecule is COc1ccc(N2CC(C(=O)Nc3ccc([N+](=O)[O-])cc3OC)CC2=O)cc1. The minimum Gasteiger partial charge on any atom is -0.497 e. The summed E-state index contributed by atoms with van der Waals surface area (Å²) in [6.45, 7) is 0.242. The Kier molecular flexibility index (Phi) is 5.44. The molecule has 0 radical (unpaired) electrons. The van der Waals surface area contributed by atoms with Crippen LogP contribution < -0.4 is 19.7 Å². The second-order valence-corrected chi connectivity index (χ2v) is 6.23. The van der Waals surface area contributed by atoms with Gasteiger partial charge in [-0.25, -0.2) is 0 Å². The molecular formula is C19H19N3O6. The van der Waals surface area contributed by atoms with Crippen LogP contribution in [0, 0.1) is 16.0 Å². The van der Waals surface area contributed by atoms with E-state index in [1.165, 1.54) is 25.3 Å². The van der Waals surface area contributed by atoms with Gasteiger partial charge in [0, 0.05) is 24.7 Å². The van der Waals surface area contributed by atoms with Gasteiger partial charge in [-0.1, -0.05) is 0 Å². The summed E-state index contributed by atoms with van der Waals surface area (Å²) in [6.07, 6.45) is 0.0765. The average molecular weight is 385 g/mol. The molecule has 9 heteroatoms. The molecule has 2 aromatic carbocycles. The first-order chi connectivity index (χ1) is 13.4. The van der Waals surface area contributed by atoms with E-state index < -0.39 is 10.8 Å². The molecule has 0 spiro atoms. The zero-order chi connectivity index (χ0) is 20.3. The first-order valence-corrected chi connectivity index (χ1v) is 8.50. The van der Waals surface area contributed by atoms with Crippen molar-refractivity contribution in [3.05, 3.63) is 52.6 Å². The molecule has 146 valence electrons. The lowest BCUT2D eigenvalue weighted by molar-refractivity contribution is -0.384. The van der Waals surface area contributed by atoms with E-state index in [0.29, 0.717) is 17.1 Å². The minimum absolute atomic E-state index is 0.0765. The lowest BCUT2D eigenvalue weighted by Crippen LogP contribution is -2.28. The van der Waals surface area contributed by atoms with Gasteiger partial charge in [-0.2, -0.15) is 0 Å². The van der Waals surface area contributed by atoms with E-state index in [1.54, 1.807) is 36.3 Å². The zero-order valence-electron chi connectivity index (χ0n) is 15.4. The number of ether oxygens (including phenoxy) is 2. The number of rotatable bonds is 6. The number of nitro benzene ring substituents is 1. The van der Waals surface area contributed by atoms with Gasteiger partial charge in [-0.3, -0.25) is 19.7 Å². The van der Waals surface area contributed by atoms with Crippen molar-refractivity contribution in [3.8, 4) is 11.5 Å². The van der Waals surface area contributed by atoms with Crippen molar-refractivity contribution >= 4 is 28.9 Å². The molecule has 1 unspecified atom stereocenters. The van der Waals surface area contributed by atoms with Crippen molar-refractivity contribution in [2.45, 2.75) is 6.42 Å². The number of anilines is 2. The van der Waals surface area contributed by atoms with E-state index in [0.717, 1.165) is 0 Å². The molecule has 28 heavy (non-hydrogen) atoms. The molecule has 1 aliphatic heterocycles. The third kappa shape index (κ3) is 3.88. The van der Waals surface area contributed by atoms with E-state index in [-0.39, 0.29) is 36.2 Å². The fraction of sp³-hybridized carbons (Fsp3) is 0.263. The number of nitrogens with one attached hydrogen (secondary N) is 1. The maximum Gasteiger partial charge on any atom is 0.273 e. The summed E-state index contributed by atoms with van der Waals surface area (Å²) in [6, 6.07) is 10.9. The predicted molar refractivity (Wildman–Crippen MR) is 102 cm³/mol. The number of carbonyl (C=O) groups is 2. The van der Waals surface area contributed by atoms with Gasteiger partial charge in [0.15, 0.2) is 0 Å². The molecule has 1 aliphatic rings. The van der Waals surface area contributed by atoms with Gasteiger partial charge in [0.1, 0.15) is 11.5 Å². The van der Waals surface area contributed by atoms with Crippen LogP contribution in [0.1, 0.15) is 6.42 Å². The Labute approximate surface area is 161 Å². The maximum atomic E-state index is 12.6. The number of nitrogens with zero attached hydrogens (tertiary/aromatic N) is 2. The lowest BCUT2D eigenvalue weighted by atomic mass is 10.1. The summed E-state index contributed by atoms with van der Waals surface area (Å²) >= 11 is 0. The van der Waals surface area contributed by atoms with Crippen molar-refractivity contribution in [2.75, 3.05) is 31.0 Å². The van der Waals surface area contributed by atoms with Crippen molar-refractivity contribution < 1.29 is 24.0 Å². The highest BCUT2D eigenvalue weighted by Gasteiger charge is 2.35. The topological polar surface area (TPSA) is 111 Å². The van der Waals surface area contributed by atoms with Gasteiger partial charge in [0.25, 0.3) is 5.69 Å². The molecule has 9 nitrogen and oxygen atoms in total. The highest BCUT2D eigenvalue weighted by atomic mass is 16.6. The molecule has 1 heterocycles. The maximum absolute atomic E-state index is 12.6. The standard InChI is InChI=1S/C19H19N3O6/c1-27-15-6-3-13(4-7-15)21-11-12(9-18(21)23)19(24)20-16-8-5-14(22(25)26)10-17(16)28-2/h3-8,10,12H,9,11H2,1-2H3,(H,20,24). The largest absolute Gasteiger partial charge is 0.497 e. The number of hydrogen-bond donors (Lipinski definition) is 1. The van der Waals surface area contributed by atoms with E-state index in [2.05, 4.69) is 5.32 Å². The quantitative estimate of drug-likeness (QED) is 0.604. The third-order valence-corrected chi connectivity index (χ3v) is 4.53. The Morgan fingerprint density at radius 1 is 1.18 bits per heavy atom. The highest BCUT2D eigenvalue weighted by molar-refractivity contribution is 6.04. The summed E-state index contributed by atoms with van der Waals surface area (Å²) in [5.74, 6) is -0.194. The van der Waals surface area contributed by atoms with Crippen molar-refractivity contribution in [3.63, 3.8) is 0 Å². The number of benzene rings is 2. The van der Waals surface area contributed by atoms with Crippen molar-refractivity contribution in [1.82, 2.24) is 0 Å². The van der Waals surface area contributed by atoms with E-state index in [1.807, 2.05) is 0 Å². The summed E-state index contributed by atoms with van der Waals surface area (Å²) in [4.78, 5) is 36.9. The second kappa shape index (κ2) is 7.95. The second-order valence-electron chi connectivity index (χ2n) is 6.23. The van der Waals surface area contributed by atoms with Gasteiger partial charge in [-0.15, -0.1) is 0 Å². The Bertz CT molecular complexity index is 912. The van der Waals surface area contributed by atoms with Crippen LogP contribution in [0.3, 0.4) is 0 Å². The Morgan fingerprint density at radius 3 is 2.50 bits per heavy atom. The number of amides is 2. The first kappa shape index (κ1) is 19.2. The van der Waals surface area contributed by atoms with Crippen molar-refractivity contribution in [2.24, 2.45) is 5.92 Å². The van der Waals surface area contributed by atoms with Gasteiger partial charge in [-0.05, 0) is 30.3 Å². The number of hydrogen-bond acceptors (Lipinski definition) is 6. The molecule has 0 aliphatic carbocycles. The number of methoxy groups -OCH3 is 2. The summed E-state index contributed by atoms with van der Waals surface area (Å²) < 4.78 is 10.2. The van der Waals surface area contributed by atoms with E-state index >= 15 is 0 Å². The van der Waals surface area contributed by atoms with Crippen LogP contribution in [0.15, 0.2) is 42.5 Å². The first-order valence-electron chi connectivity index (χ1n) is 8.50. The normalized spacial score (nSPS) is 16.0. The summed E-state index contributed by atoms with van der Waals surface area (Å²) in [5, 5.41) is 13.6. The highest BCUT2D eigenvalue weighted by Crippen LogP contribution is 2.31. The van der Waals surface area contributed by atoms with Crippen LogP contribution in [0.2, 0.25) is 0 Å². The van der Waals surface area contributed by atoms with Crippen LogP contribution in [0.5, 0.6) is 11.5 Å². The molecule has 0 aromatic heterocycles. The van der Waals surface area contributed by atoms with Crippen LogP contribution in [-0.4, -0.2) is 37.5 Å². The smallest absolute Gasteiger partial charge is 0.273 e. The molecule has 2 aromatic rings. The van der Waals surface area contributed by atoms with Gasteiger partial charge in [0.05, 0.1) is 36.8 Å². The number of non-ortho nitro benzene ring substituents is 1. The molecule has 1 atom stereocenters. The van der Waals surface area contributed by atoms with Crippen LogP contribution in [-0.2, 0) is 9.59 Å². The number of carbonyl (C=O) groups excluding carboxylic acids is 2.